The van der Waals surface area contributed by atoms with Gasteiger partial charge in [-0.05, 0) is 51.8 Å². The van der Waals surface area contributed by atoms with Gasteiger partial charge in [0.1, 0.15) is 0 Å². The van der Waals surface area contributed by atoms with Gasteiger partial charge < -0.3 is 10.5 Å². The van der Waals surface area contributed by atoms with Crippen LogP contribution in [0.1, 0.15) is 30.5 Å². The van der Waals surface area contributed by atoms with Gasteiger partial charge in [0.25, 0.3) is 0 Å². The molecule has 2 nitrogen and oxygen atoms in total. The summed E-state index contributed by atoms with van der Waals surface area (Å²) in [5.74, 6) is 0. The number of rotatable bonds is 8. The van der Waals surface area contributed by atoms with Crippen molar-refractivity contribution in [3.05, 3.63) is 83.4 Å². The van der Waals surface area contributed by atoms with Crippen LogP contribution >= 0.6 is 0 Å². The molecule has 3 rings (SSSR count). The summed E-state index contributed by atoms with van der Waals surface area (Å²) in [5.41, 5.74) is 14.7. The molecule has 2 N–H and O–H groups in total. The van der Waals surface area contributed by atoms with Crippen molar-refractivity contribution in [1.29, 1.82) is 0 Å². The van der Waals surface area contributed by atoms with Crippen molar-refractivity contribution >= 4 is 0 Å². The van der Waals surface area contributed by atoms with E-state index in [9.17, 15) is 0 Å². The Morgan fingerprint density at radius 2 is 1.22 bits per heavy atom. The Kier molecular flexibility index (Phi) is 6.80. The molecule has 140 valence electrons. The highest BCUT2D eigenvalue weighted by Gasteiger charge is 2.16. The van der Waals surface area contributed by atoms with Crippen LogP contribution in [0.4, 0.5) is 0 Å². The smallest absolute Gasteiger partial charge is 0.0723 e. The van der Waals surface area contributed by atoms with E-state index in [1.165, 1.54) is 38.9 Å². The fourth-order valence-electron chi connectivity index (χ4n) is 3.69. The lowest BCUT2D eigenvalue weighted by Gasteiger charge is -2.20. The Hall–Kier alpha value is -2.42. The second-order valence-electron chi connectivity index (χ2n) is 6.70. The Morgan fingerprint density at radius 1 is 0.667 bits per heavy atom. The normalized spacial score (nSPS) is 10.9. The summed E-state index contributed by atoms with van der Waals surface area (Å²) in [6.45, 7) is 6.12. The number of ether oxygens (including phenoxy) is 1. The van der Waals surface area contributed by atoms with Crippen LogP contribution in [0.3, 0.4) is 0 Å². The van der Waals surface area contributed by atoms with Gasteiger partial charge in [0.2, 0.25) is 0 Å². The highest BCUT2D eigenvalue weighted by molar-refractivity contribution is 5.88. The predicted molar refractivity (Wildman–Crippen MR) is 115 cm³/mol. The third kappa shape index (κ3) is 4.29. The molecule has 0 radical (unpaired) electrons. The molecular formula is C25H29NO. The van der Waals surface area contributed by atoms with Gasteiger partial charge >= 0.3 is 0 Å². The molecule has 0 bridgehead atoms. The zero-order valence-electron chi connectivity index (χ0n) is 16.4. The minimum Gasteiger partial charge on any atom is -0.375 e. The lowest BCUT2D eigenvalue weighted by Crippen LogP contribution is -2.09. The average molecular weight is 360 g/mol. The zero-order valence-corrected chi connectivity index (χ0v) is 16.4. The summed E-state index contributed by atoms with van der Waals surface area (Å²) in [4.78, 5) is 0. The monoisotopic (exact) mass is 359 g/mol. The molecule has 0 aliphatic carbocycles. The highest BCUT2D eigenvalue weighted by atomic mass is 16.5. The third-order valence-electron chi connectivity index (χ3n) is 5.03. The molecule has 0 fully saturated rings. The van der Waals surface area contributed by atoms with E-state index in [0.29, 0.717) is 19.8 Å². The van der Waals surface area contributed by atoms with Crippen molar-refractivity contribution in [2.75, 3.05) is 13.2 Å². The molecule has 0 aliphatic rings. The maximum absolute atomic E-state index is 5.83. The van der Waals surface area contributed by atoms with E-state index in [2.05, 4.69) is 80.6 Å². The van der Waals surface area contributed by atoms with E-state index in [1.807, 2.05) is 0 Å². The van der Waals surface area contributed by atoms with Gasteiger partial charge in [-0.3, -0.25) is 0 Å². The molecule has 3 aromatic carbocycles. The molecule has 0 unspecified atom stereocenters. The Morgan fingerprint density at radius 3 is 1.89 bits per heavy atom. The fourth-order valence-corrected chi connectivity index (χ4v) is 3.69. The van der Waals surface area contributed by atoms with Gasteiger partial charge in [0.05, 0.1) is 13.2 Å². The molecule has 0 spiro atoms. The number of nitrogens with two attached hydrogens (primary N) is 1. The Bertz CT molecular complexity index is 885. The van der Waals surface area contributed by atoms with E-state index in [4.69, 9.17) is 10.5 Å². The average Bonchev–Trinajstić information content (AvgIpc) is 2.73. The summed E-state index contributed by atoms with van der Waals surface area (Å²) in [5, 5.41) is 0. The number of benzene rings is 3. The van der Waals surface area contributed by atoms with Crippen LogP contribution in [-0.4, -0.2) is 13.2 Å². The summed E-state index contributed by atoms with van der Waals surface area (Å²) >= 11 is 0. The van der Waals surface area contributed by atoms with Crippen molar-refractivity contribution in [3.63, 3.8) is 0 Å². The van der Waals surface area contributed by atoms with Crippen LogP contribution in [0.2, 0.25) is 0 Å². The molecule has 2 heteroatoms. The van der Waals surface area contributed by atoms with E-state index in [0.717, 1.165) is 12.8 Å². The second kappa shape index (κ2) is 9.50. The highest BCUT2D eigenvalue weighted by Crippen LogP contribution is 2.38. The summed E-state index contributed by atoms with van der Waals surface area (Å²) < 4.78 is 5.83. The molecule has 27 heavy (non-hydrogen) atoms. The third-order valence-corrected chi connectivity index (χ3v) is 5.03. The summed E-state index contributed by atoms with van der Waals surface area (Å²) in [6.07, 6.45) is 2.02. The van der Waals surface area contributed by atoms with Gasteiger partial charge in [-0.15, -0.1) is 0 Å². The first kappa shape index (κ1) is 19.3. The minimum absolute atomic E-state index is 0.541. The van der Waals surface area contributed by atoms with Gasteiger partial charge in [-0.2, -0.15) is 0 Å². The van der Waals surface area contributed by atoms with Crippen molar-refractivity contribution in [3.8, 4) is 22.3 Å². The van der Waals surface area contributed by atoms with E-state index in [-0.39, 0.29) is 0 Å². The van der Waals surface area contributed by atoms with Crippen molar-refractivity contribution in [2.45, 2.75) is 33.3 Å². The van der Waals surface area contributed by atoms with Gasteiger partial charge in [-0.1, -0.05) is 80.6 Å². The topological polar surface area (TPSA) is 35.2 Å². The molecule has 0 heterocycles. The molecule has 0 saturated carbocycles. The van der Waals surface area contributed by atoms with Gasteiger partial charge in [-0.25, -0.2) is 0 Å². The van der Waals surface area contributed by atoms with Crippen LogP contribution in [-0.2, 0) is 24.2 Å². The van der Waals surface area contributed by atoms with Crippen LogP contribution in [0, 0.1) is 0 Å². The standard InChI is InChI=1S/C25H29NO/c1-3-19-10-5-7-13-22(19)24-15-9-12-21(18-27-17-16-26)25(24)23-14-8-6-11-20(23)4-2/h5-15H,3-4,16-18,26H2,1-2H3. The largest absolute Gasteiger partial charge is 0.375 e. The summed E-state index contributed by atoms with van der Waals surface area (Å²) in [7, 11) is 0. The molecular weight excluding hydrogens is 330 g/mol. The SMILES string of the molecule is CCc1ccccc1-c1cccc(COCCN)c1-c1ccccc1CC. The van der Waals surface area contributed by atoms with Crippen molar-refractivity contribution < 1.29 is 4.74 Å². The number of aryl methyl sites for hydroxylation is 2. The lowest BCUT2D eigenvalue weighted by molar-refractivity contribution is 0.128. The molecule has 0 atom stereocenters. The lowest BCUT2D eigenvalue weighted by atomic mass is 9.86. The van der Waals surface area contributed by atoms with E-state index < -0.39 is 0 Å². The van der Waals surface area contributed by atoms with E-state index in [1.54, 1.807) is 0 Å². The Balaban J connectivity index is 2.23. The maximum Gasteiger partial charge on any atom is 0.0723 e. The zero-order chi connectivity index (χ0) is 19.1. The fraction of sp³-hybridized carbons (Fsp3) is 0.280. The summed E-state index contributed by atoms with van der Waals surface area (Å²) in [6, 6.07) is 24.0. The Labute approximate surface area is 163 Å². The van der Waals surface area contributed by atoms with Gasteiger partial charge in [0, 0.05) is 6.54 Å². The first-order chi connectivity index (χ1) is 13.3. The van der Waals surface area contributed by atoms with Crippen molar-refractivity contribution in [2.24, 2.45) is 5.73 Å². The van der Waals surface area contributed by atoms with Crippen LogP contribution < -0.4 is 5.73 Å². The molecule has 0 amide bonds. The second-order valence-corrected chi connectivity index (χ2v) is 6.70. The number of hydrogen-bond donors (Lipinski definition) is 1. The van der Waals surface area contributed by atoms with Crippen LogP contribution in [0.5, 0.6) is 0 Å². The molecule has 3 aromatic rings. The first-order valence-electron chi connectivity index (χ1n) is 9.86. The van der Waals surface area contributed by atoms with Crippen LogP contribution in [0.25, 0.3) is 22.3 Å². The quantitative estimate of drug-likeness (QED) is 0.530. The molecule has 0 aromatic heterocycles. The molecule has 0 saturated heterocycles. The van der Waals surface area contributed by atoms with Gasteiger partial charge in [0.15, 0.2) is 0 Å². The van der Waals surface area contributed by atoms with Crippen molar-refractivity contribution in [1.82, 2.24) is 0 Å². The molecule has 0 aliphatic heterocycles. The van der Waals surface area contributed by atoms with Crippen LogP contribution in [0.15, 0.2) is 66.7 Å². The van der Waals surface area contributed by atoms with E-state index >= 15 is 0 Å². The minimum atomic E-state index is 0.541. The number of hydrogen-bond acceptors (Lipinski definition) is 2. The predicted octanol–water partition coefficient (Wildman–Crippen LogP) is 5.62. The maximum atomic E-state index is 5.83. The first-order valence-corrected chi connectivity index (χ1v) is 9.86.